The molecule has 4 heteroatoms. The topological polar surface area (TPSA) is 57.4 Å². The molecule has 0 bridgehead atoms. The molecule has 19 heavy (non-hydrogen) atoms. The Morgan fingerprint density at radius 1 is 1.16 bits per heavy atom. The largest absolute Gasteiger partial charge is 0.476 e. The van der Waals surface area contributed by atoms with Gasteiger partial charge in [0.25, 0.3) is 0 Å². The monoisotopic (exact) mass is 258 g/mol. The molecule has 0 fully saturated rings. The number of nitrogen functional groups attached to an aromatic ring is 1. The molecule has 0 aliphatic rings. The molecule has 0 unspecified atom stereocenters. The minimum Gasteiger partial charge on any atom is -0.476 e. The van der Waals surface area contributed by atoms with E-state index in [2.05, 4.69) is 4.98 Å². The van der Waals surface area contributed by atoms with E-state index in [4.69, 9.17) is 15.2 Å². The van der Waals surface area contributed by atoms with Crippen LogP contribution in [0.25, 0.3) is 0 Å². The Hall–Kier alpha value is -2.23. The maximum absolute atomic E-state index is 5.79. The van der Waals surface area contributed by atoms with Crippen LogP contribution in [0.15, 0.2) is 30.3 Å². The molecule has 100 valence electrons. The standard InChI is InChI=1S/C15H18N2O2/c1-4-18-15-12(16)7-8-14(17-15)19-13-9-10(2)5-6-11(13)3/h5-9H,4,16H2,1-3H3. The van der Waals surface area contributed by atoms with Crippen LogP contribution in [0, 0.1) is 13.8 Å². The van der Waals surface area contributed by atoms with E-state index in [1.54, 1.807) is 12.1 Å². The zero-order valence-corrected chi connectivity index (χ0v) is 11.4. The van der Waals surface area contributed by atoms with Crippen LogP contribution < -0.4 is 15.2 Å². The summed E-state index contributed by atoms with van der Waals surface area (Å²) in [5, 5.41) is 0. The van der Waals surface area contributed by atoms with E-state index in [-0.39, 0.29) is 0 Å². The summed E-state index contributed by atoms with van der Waals surface area (Å²) in [5.74, 6) is 1.68. The van der Waals surface area contributed by atoms with Crippen molar-refractivity contribution in [2.45, 2.75) is 20.8 Å². The number of nitrogens with zero attached hydrogens (tertiary/aromatic N) is 1. The highest BCUT2D eigenvalue weighted by Gasteiger charge is 2.07. The van der Waals surface area contributed by atoms with Crippen molar-refractivity contribution in [3.63, 3.8) is 0 Å². The predicted octanol–water partition coefficient (Wildman–Crippen LogP) is 3.47. The average Bonchev–Trinajstić information content (AvgIpc) is 2.38. The number of nitrogens with two attached hydrogens (primary N) is 1. The van der Waals surface area contributed by atoms with E-state index >= 15 is 0 Å². The predicted molar refractivity (Wildman–Crippen MR) is 75.8 cm³/mol. The molecule has 0 saturated heterocycles. The van der Waals surface area contributed by atoms with Crippen molar-refractivity contribution in [2.24, 2.45) is 0 Å². The molecule has 0 amide bonds. The maximum atomic E-state index is 5.79. The second kappa shape index (κ2) is 5.61. The highest BCUT2D eigenvalue weighted by Crippen LogP contribution is 2.28. The number of aryl methyl sites for hydroxylation is 2. The molecule has 1 aromatic heterocycles. The molecule has 0 aliphatic heterocycles. The van der Waals surface area contributed by atoms with E-state index in [0.29, 0.717) is 24.1 Å². The zero-order chi connectivity index (χ0) is 13.8. The first kappa shape index (κ1) is 13.2. The first-order valence-corrected chi connectivity index (χ1v) is 6.24. The summed E-state index contributed by atoms with van der Waals surface area (Å²) < 4.78 is 11.1. The van der Waals surface area contributed by atoms with Crippen molar-refractivity contribution in [2.75, 3.05) is 12.3 Å². The summed E-state index contributed by atoms with van der Waals surface area (Å²) in [5.41, 5.74) is 8.49. The number of ether oxygens (including phenoxy) is 2. The van der Waals surface area contributed by atoms with Gasteiger partial charge in [-0.2, -0.15) is 4.98 Å². The van der Waals surface area contributed by atoms with Crippen molar-refractivity contribution >= 4 is 5.69 Å². The lowest BCUT2D eigenvalue weighted by atomic mass is 10.1. The van der Waals surface area contributed by atoms with Gasteiger partial charge >= 0.3 is 0 Å². The van der Waals surface area contributed by atoms with Crippen LogP contribution in [0.3, 0.4) is 0 Å². The SMILES string of the molecule is CCOc1nc(Oc2cc(C)ccc2C)ccc1N. The van der Waals surface area contributed by atoms with Gasteiger partial charge in [-0.25, -0.2) is 0 Å². The first-order chi connectivity index (χ1) is 9.10. The Morgan fingerprint density at radius 2 is 1.95 bits per heavy atom. The summed E-state index contributed by atoms with van der Waals surface area (Å²) >= 11 is 0. The van der Waals surface area contributed by atoms with Crippen molar-refractivity contribution in [1.82, 2.24) is 4.98 Å². The van der Waals surface area contributed by atoms with Gasteiger partial charge in [0.1, 0.15) is 5.75 Å². The molecule has 0 saturated carbocycles. The van der Waals surface area contributed by atoms with Crippen LogP contribution in [0.2, 0.25) is 0 Å². The number of hydrogen-bond donors (Lipinski definition) is 1. The smallest absolute Gasteiger partial charge is 0.240 e. The summed E-state index contributed by atoms with van der Waals surface area (Å²) in [7, 11) is 0. The van der Waals surface area contributed by atoms with E-state index < -0.39 is 0 Å². The van der Waals surface area contributed by atoms with Crippen LogP contribution in [-0.4, -0.2) is 11.6 Å². The fraction of sp³-hybridized carbons (Fsp3) is 0.267. The second-order valence-corrected chi connectivity index (χ2v) is 4.35. The Balaban J connectivity index is 2.28. The van der Waals surface area contributed by atoms with Crippen LogP contribution in [0.5, 0.6) is 17.5 Å². The van der Waals surface area contributed by atoms with E-state index in [1.165, 1.54) is 0 Å². The molecule has 2 aromatic rings. The molecular formula is C15H18N2O2. The van der Waals surface area contributed by atoms with Crippen LogP contribution in [0.1, 0.15) is 18.1 Å². The third kappa shape index (κ3) is 3.16. The Bertz CT molecular complexity index is 582. The number of rotatable bonds is 4. The van der Waals surface area contributed by atoms with Crippen molar-refractivity contribution in [1.29, 1.82) is 0 Å². The van der Waals surface area contributed by atoms with Crippen LogP contribution in [-0.2, 0) is 0 Å². The van der Waals surface area contributed by atoms with Gasteiger partial charge in [-0.3, -0.25) is 0 Å². The molecule has 0 atom stereocenters. The van der Waals surface area contributed by atoms with Gasteiger partial charge in [-0.15, -0.1) is 0 Å². The molecule has 0 spiro atoms. The van der Waals surface area contributed by atoms with Gasteiger partial charge in [0, 0.05) is 6.07 Å². The first-order valence-electron chi connectivity index (χ1n) is 6.24. The Labute approximate surface area is 113 Å². The molecule has 0 radical (unpaired) electrons. The zero-order valence-electron chi connectivity index (χ0n) is 11.4. The van der Waals surface area contributed by atoms with Crippen LogP contribution >= 0.6 is 0 Å². The lowest BCUT2D eigenvalue weighted by molar-refractivity contribution is 0.323. The van der Waals surface area contributed by atoms with Crippen molar-refractivity contribution in [3.05, 3.63) is 41.5 Å². The lowest BCUT2D eigenvalue weighted by Gasteiger charge is -2.11. The van der Waals surface area contributed by atoms with Gasteiger partial charge in [0.05, 0.1) is 12.3 Å². The van der Waals surface area contributed by atoms with Gasteiger partial charge < -0.3 is 15.2 Å². The third-order valence-electron chi connectivity index (χ3n) is 2.70. The summed E-state index contributed by atoms with van der Waals surface area (Å²) in [6.07, 6.45) is 0. The minimum atomic E-state index is 0.408. The molecule has 2 N–H and O–H groups in total. The highest BCUT2D eigenvalue weighted by atomic mass is 16.5. The number of anilines is 1. The number of pyridine rings is 1. The average molecular weight is 258 g/mol. The fourth-order valence-corrected chi connectivity index (χ4v) is 1.67. The molecule has 2 rings (SSSR count). The fourth-order valence-electron chi connectivity index (χ4n) is 1.67. The Kier molecular flexibility index (Phi) is 3.90. The quantitative estimate of drug-likeness (QED) is 0.912. The number of hydrogen-bond acceptors (Lipinski definition) is 4. The van der Waals surface area contributed by atoms with E-state index in [9.17, 15) is 0 Å². The minimum absolute atomic E-state index is 0.408. The van der Waals surface area contributed by atoms with Crippen molar-refractivity contribution < 1.29 is 9.47 Å². The van der Waals surface area contributed by atoms with Gasteiger partial charge in [-0.1, -0.05) is 12.1 Å². The third-order valence-corrected chi connectivity index (χ3v) is 2.70. The molecule has 0 aliphatic carbocycles. The number of aromatic nitrogens is 1. The maximum Gasteiger partial charge on any atom is 0.240 e. The molecule has 4 nitrogen and oxygen atoms in total. The van der Waals surface area contributed by atoms with Crippen LogP contribution in [0.4, 0.5) is 5.69 Å². The lowest BCUT2D eigenvalue weighted by Crippen LogP contribution is -2.00. The van der Waals surface area contributed by atoms with Crippen molar-refractivity contribution in [3.8, 4) is 17.5 Å². The number of benzene rings is 1. The summed E-state index contributed by atoms with van der Waals surface area (Å²) in [4.78, 5) is 4.26. The van der Waals surface area contributed by atoms with Gasteiger partial charge in [0.15, 0.2) is 0 Å². The van der Waals surface area contributed by atoms with Gasteiger partial charge in [0.2, 0.25) is 11.8 Å². The summed E-state index contributed by atoms with van der Waals surface area (Å²) in [6.45, 7) is 6.42. The van der Waals surface area contributed by atoms with Gasteiger partial charge in [-0.05, 0) is 44.0 Å². The van der Waals surface area contributed by atoms with E-state index in [0.717, 1.165) is 16.9 Å². The summed E-state index contributed by atoms with van der Waals surface area (Å²) in [6, 6.07) is 9.52. The molecular weight excluding hydrogens is 240 g/mol. The highest BCUT2D eigenvalue weighted by molar-refractivity contribution is 5.50. The normalized spacial score (nSPS) is 10.3. The molecule has 1 heterocycles. The molecule has 1 aromatic carbocycles. The van der Waals surface area contributed by atoms with E-state index in [1.807, 2.05) is 39.0 Å². The Morgan fingerprint density at radius 3 is 2.68 bits per heavy atom. The second-order valence-electron chi connectivity index (χ2n) is 4.35.